The van der Waals surface area contributed by atoms with Crippen LogP contribution in [0.1, 0.15) is 31.1 Å². The summed E-state index contributed by atoms with van der Waals surface area (Å²) in [6.07, 6.45) is 1.83. The number of carbonyl (C=O) groups excluding carboxylic acids is 1. The second-order valence-corrected chi connectivity index (χ2v) is 4.89. The summed E-state index contributed by atoms with van der Waals surface area (Å²) in [5, 5.41) is 3.91. The quantitative estimate of drug-likeness (QED) is 0.799. The van der Waals surface area contributed by atoms with E-state index in [1.165, 1.54) is 5.56 Å². The number of carbonyl (C=O) groups is 1. The normalized spacial score (nSPS) is 10.9. The molecule has 0 N–H and O–H groups in total. The van der Waals surface area contributed by atoms with Crippen LogP contribution in [0.15, 0.2) is 34.9 Å². The molecule has 0 radical (unpaired) electrons. The second kappa shape index (κ2) is 6.27. The van der Waals surface area contributed by atoms with E-state index in [4.69, 9.17) is 4.52 Å². The van der Waals surface area contributed by atoms with E-state index >= 15 is 0 Å². The van der Waals surface area contributed by atoms with E-state index in [0.717, 1.165) is 12.8 Å². The van der Waals surface area contributed by atoms with Crippen LogP contribution >= 0.6 is 0 Å². The van der Waals surface area contributed by atoms with Crippen molar-refractivity contribution in [2.75, 3.05) is 0 Å². The molecule has 0 aliphatic carbocycles. The van der Waals surface area contributed by atoms with Gasteiger partial charge in [-0.3, -0.25) is 4.79 Å². The summed E-state index contributed by atoms with van der Waals surface area (Å²) in [5.41, 5.74) is 1.24. The standard InChI is InChI=1S/C15H18N2O2/c1-11(2)13(18)10-15-16-14(17-19-15)9-8-12-6-4-3-5-7-12/h3-7,11H,8-10H2,1-2H3. The molecular formula is C15H18N2O2. The molecule has 0 saturated carbocycles. The lowest BCUT2D eigenvalue weighted by Gasteiger charge is -1.98. The first-order valence-electron chi connectivity index (χ1n) is 6.53. The van der Waals surface area contributed by atoms with E-state index in [2.05, 4.69) is 22.3 Å². The van der Waals surface area contributed by atoms with Gasteiger partial charge in [-0.2, -0.15) is 4.98 Å². The van der Waals surface area contributed by atoms with Gasteiger partial charge in [0.05, 0.1) is 6.42 Å². The predicted molar refractivity (Wildman–Crippen MR) is 71.7 cm³/mol. The number of Topliss-reactive ketones (excluding diaryl/α,β-unsaturated/α-hetero) is 1. The minimum absolute atomic E-state index is 0.000307. The van der Waals surface area contributed by atoms with Gasteiger partial charge in [-0.15, -0.1) is 0 Å². The van der Waals surface area contributed by atoms with Gasteiger partial charge in [0.1, 0.15) is 5.78 Å². The molecule has 2 rings (SSSR count). The highest BCUT2D eigenvalue weighted by molar-refractivity contribution is 5.81. The van der Waals surface area contributed by atoms with Crippen LogP contribution in [0.3, 0.4) is 0 Å². The number of nitrogens with zero attached hydrogens (tertiary/aromatic N) is 2. The molecule has 1 aromatic heterocycles. The SMILES string of the molecule is CC(C)C(=O)Cc1nc(CCc2ccccc2)no1. The molecule has 0 aliphatic rings. The molecule has 0 spiro atoms. The van der Waals surface area contributed by atoms with Gasteiger partial charge in [0.25, 0.3) is 0 Å². The number of aryl methyl sites for hydroxylation is 2. The molecule has 0 unspecified atom stereocenters. The molecule has 0 bridgehead atoms. The molecule has 0 aliphatic heterocycles. The third-order valence-electron chi connectivity index (χ3n) is 2.96. The van der Waals surface area contributed by atoms with Crippen molar-refractivity contribution in [2.24, 2.45) is 5.92 Å². The summed E-state index contributed by atoms with van der Waals surface area (Å²) in [4.78, 5) is 15.8. The Kier molecular flexibility index (Phi) is 4.44. The Balaban J connectivity index is 1.89. The lowest BCUT2D eigenvalue weighted by Crippen LogP contribution is -2.10. The third kappa shape index (κ3) is 4.02. The average molecular weight is 258 g/mol. The van der Waals surface area contributed by atoms with Gasteiger partial charge < -0.3 is 4.52 Å². The molecule has 19 heavy (non-hydrogen) atoms. The first-order chi connectivity index (χ1) is 9.15. The maximum Gasteiger partial charge on any atom is 0.234 e. The summed E-state index contributed by atoms with van der Waals surface area (Å²) in [6.45, 7) is 3.74. The first-order valence-corrected chi connectivity index (χ1v) is 6.53. The van der Waals surface area contributed by atoms with Crippen LogP contribution in [-0.4, -0.2) is 15.9 Å². The lowest BCUT2D eigenvalue weighted by molar-refractivity contribution is -0.121. The van der Waals surface area contributed by atoms with Crippen LogP contribution < -0.4 is 0 Å². The summed E-state index contributed by atoms with van der Waals surface area (Å²) in [5.74, 6) is 1.20. The van der Waals surface area contributed by atoms with E-state index in [1.54, 1.807) is 0 Å². The van der Waals surface area contributed by atoms with E-state index in [-0.39, 0.29) is 18.1 Å². The van der Waals surface area contributed by atoms with Crippen LogP contribution in [0.5, 0.6) is 0 Å². The smallest absolute Gasteiger partial charge is 0.234 e. The maximum atomic E-state index is 11.6. The van der Waals surface area contributed by atoms with Gasteiger partial charge in [0.15, 0.2) is 5.82 Å². The molecule has 0 fully saturated rings. The summed E-state index contributed by atoms with van der Waals surface area (Å²) >= 11 is 0. The van der Waals surface area contributed by atoms with Gasteiger partial charge >= 0.3 is 0 Å². The fraction of sp³-hybridized carbons (Fsp3) is 0.400. The number of rotatable bonds is 6. The van der Waals surface area contributed by atoms with Crippen LogP contribution in [0, 0.1) is 5.92 Å². The molecule has 4 heteroatoms. The van der Waals surface area contributed by atoms with Gasteiger partial charge in [0.2, 0.25) is 5.89 Å². The Hall–Kier alpha value is -1.97. The van der Waals surface area contributed by atoms with Crippen molar-refractivity contribution in [1.29, 1.82) is 0 Å². The highest BCUT2D eigenvalue weighted by Gasteiger charge is 2.13. The summed E-state index contributed by atoms with van der Waals surface area (Å²) < 4.78 is 5.09. The monoisotopic (exact) mass is 258 g/mol. The Labute approximate surface area is 112 Å². The van der Waals surface area contributed by atoms with Crippen molar-refractivity contribution in [2.45, 2.75) is 33.1 Å². The molecule has 1 heterocycles. The van der Waals surface area contributed by atoms with E-state index < -0.39 is 0 Å². The van der Waals surface area contributed by atoms with Crippen molar-refractivity contribution in [1.82, 2.24) is 10.1 Å². The van der Waals surface area contributed by atoms with Crippen LogP contribution in [0.25, 0.3) is 0 Å². The van der Waals surface area contributed by atoms with Gasteiger partial charge in [-0.25, -0.2) is 0 Å². The van der Waals surface area contributed by atoms with Crippen LogP contribution in [0.2, 0.25) is 0 Å². The third-order valence-corrected chi connectivity index (χ3v) is 2.96. The lowest BCUT2D eigenvalue weighted by atomic mass is 10.1. The molecule has 100 valence electrons. The first kappa shape index (κ1) is 13.5. The fourth-order valence-corrected chi connectivity index (χ4v) is 1.72. The molecular weight excluding hydrogens is 240 g/mol. The van der Waals surface area contributed by atoms with Gasteiger partial charge in [-0.05, 0) is 12.0 Å². The van der Waals surface area contributed by atoms with Crippen molar-refractivity contribution in [3.8, 4) is 0 Å². The number of hydrogen-bond donors (Lipinski definition) is 0. The highest BCUT2D eigenvalue weighted by Crippen LogP contribution is 2.07. The van der Waals surface area contributed by atoms with E-state index in [1.807, 2.05) is 32.0 Å². The molecule has 1 aromatic carbocycles. The van der Waals surface area contributed by atoms with E-state index in [9.17, 15) is 4.79 Å². The predicted octanol–water partition coefficient (Wildman–Crippen LogP) is 2.62. The number of ketones is 1. The van der Waals surface area contributed by atoms with Gasteiger partial charge in [-0.1, -0.05) is 49.3 Å². The Morgan fingerprint density at radius 3 is 2.63 bits per heavy atom. The topological polar surface area (TPSA) is 56.0 Å². The Bertz CT molecular complexity index is 532. The van der Waals surface area contributed by atoms with Crippen LogP contribution in [0.4, 0.5) is 0 Å². The summed E-state index contributed by atoms with van der Waals surface area (Å²) in [7, 11) is 0. The largest absolute Gasteiger partial charge is 0.339 e. The van der Waals surface area contributed by atoms with Crippen molar-refractivity contribution in [3.05, 3.63) is 47.6 Å². The molecule has 0 atom stereocenters. The van der Waals surface area contributed by atoms with Crippen molar-refractivity contribution >= 4 is 5.78 Å². The minimum Gasteiger partial charge on any atom is -0.339 e. The zero-order chi connectivity index (χ0) is 13.7. The molecule has 4 nitrogen and oxygen atoms in total. The Morgan fingerprint density at radius 2 is 1.95 bits per heavy atom. The zero-order valence-electron chi connectivity index (χ0n) is 11.3. The summed E-state index contributed by atoms with van der Waals surface area (Å²) in [6, 6.07) is 10.2. The fourth-order valence-electron chi connectivity index (χ4n) is 1.72. The van der Waals surface area contributed by atoms with Crippen LogP contribution in [-0.2, 0) is 24.1 Å². The molecule has 2 aromatic rings. The maximum absolute atomic E-state index is 11.6. The molecule has 0 saturated heterocycles. The van der Waals surface area contributed by atoms with E-state index in [0.29, 0.717) is 11.7 Å². The minimum atomic E-state index is -0.000307. The average Bonchev–Trinajstić information content (AvgIpc) is 2.85. The number of aromatic nitrogens is 2. The number of benzene rings is 1. The highest BCUT2D eigenvalue weighted by atomic mass is 16.5. The van der Waals surface area contributed by atoms with Gasteiger partial charge in [0, 0.05) is 12.3 Å². The Morgan fingerprint density at radius 1 is 1.21 bits per heavy atom. The van der Waals surface area contributed by atoms with Crippen molar-refractivity contribution in [3.63, 3.8) is 0 Å². The van der Waals surface area contributed by atoms with Crippen molar-refractivity contribution < 1.29 is 9.32 Å². The number of hydrogen-bond acceptors (Lipinski definition) is 4. The zero-order valence-corrected chi connectivity index (χ0v) is 11.3. The molecule has 0 amide bonds. The second-order valence-electron chi connectivity index (χ2n) is 4.89.